The molecule has 4 rings (SSSR count). The second kappa shape index (κ2) is 8.46. The molecule has 31 heavy (non-hydrogen) atoms. The number of hydrogen-bond acceptors (Lipinski definition) is 7. The van der Waals surface area contributed by atoms with E-state index in [0.717, 1.165) is 6.42 Å². The number of nitrogens with one attached hydrogen (secondary N) is 1. The summed E-state index contributed by atoms with van der Waals surface area (Å²) in [5.41, 5.74) is 0.334. The first-order valence-electron chi connectivity index (χ1n) is 10.4. The lowest BCUT2D eigenvalue weighted by molar-refractivity contribution is 0.0774. The first kappa shape index (κ1) is 21.6. The van der Waals surface area contributed by atoms with Crippen LogP contribution >= 0.6 is 0 Å². The van der Waals surface area contributed by atoms with Crippen molar-refractivity contribution in [1.82, 2.24) is 24.6 Å². The maximum Gasteiger partial charge on any atom is 0.273 e. The Kier molecular flexibility index (Phi) is 5.89. The highest BCUT2D eigenvalue weighted by Crippen LogP contribution is 2.37. The van der Waals surface area contributed by atoms with Gasteiger partial charge in [-0.05, 0) is 30.4 Å². The van der Waals surface area contributed by atoms with E-state index in [2.05, 4.69) is 22.3 Å². The van der Waals surface area contributed by atoms with Crippen molar-refractivity contribution in [3.05, 3.63) is 30.1 Å². The number of likely N-dealkylation sites (tertiary alicyclic amines) is 1. The van der Waals surface area contributed by atoms with Crippen LogP contribution in [0.4, 0.5) is 0 Å². The number of amides is 1. The van der Waals surface area contributed by atoms with Crippen LogP contribution in [0.5, 0.6) is 11.5 Å². The van der Waals surface area contributed by atoms with E-state index < -0.39 is 10.0 Å². The number of aromatic nitrogens is 3. The van der Waals surface area contributed by atoms with Crippen LogP contribution in [0.2, 0.25) is 0 Å². The maximum atomic E-state index is 13.4. The van der Waals surface area contributed by atoms with E-state index >= 15 is 0 Å². The van der Waals surface area contributed by atoms with Crippen molar-refractivity contribution in [1.29, 1.82) is 0 Å². The minimum atomic E-state index is -3.76. The number of carbonyl (C=O) groups excluding carboxylic acids is 1. The van der Waals surface area contributed by atoms with Gasteiger partial charge in [-0.1, -0.05) is 25.5 Å². The maximum absolute atomic E-state index is 13.4. The summed E-state index contributed by atoms with van der Waals surface area (Å²) in [6.45, 7) is 5.22. The predicted octanol–water partition coefficient (Wildman–Crippen LogP) is 1.73. The Morgan fingerprint density at radius 2 is 2.10 bits per heavy atom. The van der Waals surface area contributed by atoms with Gasteiger partial charge in [-0.15, -0.1) is 5.10 Å². The van der Waals surface area contributed by atoms with Crippen LogP contribution in [0.15, 0.2) is 29.3 Å². The minimum Gasteiger partial charge on any atom is -0.454 e. The Labute approximate surface area is 181 Å². The summed E-state index contributed by atoms with van der Waals surface area (Å²) in [6, 6.07) is 4.43. The zero-order valence-electron chi connectivity index (χ0n) is 17.8. The Hall–Kier alpha value is -2.66. The zero-order chi connectivity index (χ0) is 22.2. The SMILES string of the molecule is CCC[C@H]([C@H]1CN(C(=O)c2cnn[nH]2)C[C@H]1C)N(C)S(=O)(=O)c1ccc2c(c1)OCO2. The summed E-state index contributed by atoms with van der Waals surface area (Å²) in [7, 11) is -2.13. The molecule has 0 bridgehead atoms. The number of sulfonamides is 1. The highest BCUT2D eigenvalue weighted by molar-refractivity contribution is 7.89. The van der Waals surface area contributed by atoms with Gasteiger partial charge in [0.25, 0.3) is 5.91 Å². The predicted molar refractivity (Wildman–Crippen MR) is 111 cm³/mol. The van der Waals surface area contributed by atoms with Gasteiger partial charge >= 0.3 is 0 Å². The number of benzene rings is 1. The molecule has 0 radical (unpaired) electrons. The minimum absolute atomic E-state index is 0.00793. The van der Waals surface area contributed by atoms with Gasteiger partial charge in [-0.25, -0.2) is 8.42 Å². The highest BCUT2D eigenvalue weighted by atomic mass is 32.2. The van der Waals surface area contributed by atoms with Crippen molar-refractivity contribution in [3.63, 3.8) is 0 Å². The van der Waals surface area contributed by atoms with Crippen molar-refractivity contribution in [2.75, 3.05) is 26.9 Å². The topological polar surface area (TPSA) is 118 Å². The molecule has 11 heteroatoms. The Morgan fingerprint density at radius 3 is 2.81 bits per heavy atom. The molecule has 1 fully saturated rings. The van der Waals surface area contributed by atoms with E-state index in [1.54, 1.807) is 24.1 Å². The number of fused-ring (bicyclic) bond motifs is 1. The van der Waals surface area contributed by atoms with E-state index in [1.165, 1.54) is 16.6 Å². The van der Waals surface area contributed by atoms with Crippen LogP contribution in [-0.4, -0.2) is 71.9 Å². The van der Waals surface area contributed by atoms with E-state index in [0.29, 0.717) is 36.7 Å². The number of ether oxygens (including phenoxy) is 2. The van der Waals surface area contributed by atoms with Crippen LogP contribution in [0.25, 0.3) is 0 Å². The summed E-state index contributed by atoms with van der Waals surface area (Å²) in [4.78, 5) is 14.6. The monoisotopic (exact) mass is 449 g/mol. The molecular weight excluding hydrogens is 422 g/mol. The van der Waals surface area contributed by atoms with Gasteiger partial charge in [-0.2, -0.15) is 4.31 Å². The summed E-state index contributed by atoms with van der Waals surface area (Å²) < 4.78 is 39.0. The van der Waals surface area contributed by atoms with Gasteiger partial charge in [0.1, 0.15) is 5.69 Å². The second-order valence-corrected chi connectivity index (χ2v) is 10.1. The van der Waals surface area contributed by atoms with Crippen LogP contribution in [0.3, 0.4) is 0 Å². The molecular formula is C20H27N5O5S. The molecule has 10 nitrogen and oxygen atoms in total. The Bertz CT molecular complexity index is 1040. The van der Waals surface area contributed by atoms with Crippen molar-refractivity contribution in [2.24, 2.45) is 11.8 Å². The van der Waals surface area contributed by atoms with Crippen LogP contribution < -0.4 is 9.47 Å². The van der Waals surface area contributed by atoms with Gasteiger partial charge in [-0.3, -0.25) is 9.89 Å². The van der Waals surface area contributed by atoms with E-state index in [4.69, 9.17) is 9.47 Å². The summed E-state index contributed by atoms with van der Waals surface area (Å²) >= 11 is 0. The van der Waals surface area contributed by atoms with Crippen molar-refractivity contribution in [3.8, 4) is 11.5 Å². The van der Waals surface area contributed by atoms with Crippen LogP contribution in [-0.2, 0) is 10.0 Å². The molecule has 3 atom stereocenters. The van der Waals surface area contributed by atoms with Crippen LogP contribution in [0.1, 0.15) is 37.2 Å². The fraction of sp³-hybridized carbons (Fsp3) is 0.550. The summed E-state index contributed by atoms with van der Waals surface area (Å²) in [5.74, 6) is 0.953. The quantitative estimate of drug-likeness (QED) is 0.684. The lowest BCUT2D eigenvalue weighted by Gasteiger charge is -2.33. The summed E-state index contributed by atoms with van der Waals surface area (Å²) in [6.07, 6.45) is 2.93. The summed E-state index contributed by atoms with van der Waals surface area (Å²) in [5, 5.41) is 9.89. The molecule has 1 saturated heterocycles. The molecule has 0 aliphatic carbocycles. The van der Waals surface area contributed by atoms with Gasteiger partial charge in [0.05, 0.1) is 11.1 Å². The lowest BCUT2D eigenvalue weighted by atomic mass is 9.88. The first-order chi connectivity index (χ1) is 14.8. The third-order valence-corrected chi connectivity index (χ3v) is 8.05. The van der Waals surface area contributed by atoms with Gasteiger partial charge in [0, 0.05) is 32.2 Å². The average molecular weight is 450 g/mol. The molecule has 2 aliphatic rings. The van der Waals surface area contributed by atoms with Crippen molar-refractivity contribution >= 4 is 15.9 Å². The normalized spacial score (nSPS) is 21.6. The fourth-order valence-corrected chi connectivity index (χ4v) is 5.92. The molecule has 1 N–H and O–H groups in total. The standard InChI is InChI=1S/C20H27N5O5S/c1-4-5-17(15-11-25(10-13(15)2)20(26)16-9-21-23-22-16)24(3)31(27,28)14-6-7-18-19(8-14)30-12-29-18/h6-9,13,15,17H,4-5,10-12H2,1-3H3,(H,21,22,23)/t13-,15+,17-/m1/s1. The third kappa shape index (κ3) is 3.99. The van der Waals surface area contributed by atoms with Gasteiger partial charge in [0.2, 0.25) is 16.8 Å². The molecule has 3 heterocycles. The fourth-order valence-electron chi connectivity index (χ4n) is 4.47. The molecule has 0 unspecified atom stereocenters. The highest BCUT2D eigenvalue weighted by Gasteiger charge is 2.42. The number of nitrogens with zero attached hydrogens (tertiary/aromatic N) is 4. The molecule has 0 spiro atoms. The average Bonchev–Trinajstić information content (AvgIpc) is 3.51. The lowest BCUT2D eigenvalue weighted by Crippen LogP contribution is -2.44. The molecule has 1 aromatic carbocycles. The molecule has 2 aromatic rings. The molecule has 1 aromatic heterocycles. The van der Waals surface area contributed by atoms with E-state index in [-0.39, 0.29) is 35.5 Å². The van der Waals surface area contributed by atoms with Gasteiger partial charge in [0.15, 0.2) is 11.5 Å². The van der Waals surface area contributed by atoms with E-state index in [9.17, 15) is 13.2 Å². The molecule has 168 valence electrons. The third-order valence-electron chi connectivity index (χ3n) is 6.17. The Morgan fingerprint density at radius 1 is 1.32 bits per heavy atom. The molecule has 0 saturated carbocycles. The van der Waals surface area contributed by atoms with Crippen molar-refractivity contribution in [2.45, 2.75) is 37.6 Å². The van der Waals surface area contributed by atoms with E-state index in [1.807, 2.05) is 6.92 Å². The second-order valence-electron chi connectivity index (χ2n) is 8.11. The van der Waals surface area contributed by atoms with Crippen LogP contribution in [0, 0.1) is 11.8 Å². The smallest absolute Gasteiger partial charge is 0.273 e. The van der Waals surface area contributed by atoms with Crippen molar-refractivity contribution < 1.29 is 22.7 Å². The zero-order valence-corrected chi connectivity index (χ0v) is 18.6. The number of rotatable bonds is 7. The molecule has 2 aliphatic heterocycles. The number of carbonyl (C=O) groups is 1. The Balaban J connectivity index is 1.57. The molecule has 1 amide bonds. The first-order valence-corrected chi connectivity index (χ1v) is 11.8. The number of hydrogen-bond donors (Lipinski definition) is 1. The number of H-pyrrole nitrogens is 1. The number of aromatic amines is 1. The largest absolute Gasteiger partial charge is 0.454 e. The van der Waals surface area contributed by atoms with Gasteiger partial charge < -0.3 is 14.4 Å².